The third-order valence-electron chi connectivity index (χ3n) is 5.40. The molecule has 1 aromatic heterocycles. The number of aliphatic hydroxyl groups is 1. The van der Waals surface area contributed by atoms with Crippen LogP contribution in [0, 0.1) is 6.92 Å². The fourth-order valence-corrected chi connectivity index (χ4v) is 3.86. The minimum Gasteiger partial charge on any atom is -0.507 e. The van der Waals surface area contributed by atoms with Crippen molar-refractivity contribution < 1.29 is 33.4 Å². The highest BCUT2D eigenvalue weighted by Crippen LogP contribution is 2.45. The highest BCUT2D eigenvalue weighted by Gasteiger charge is 2.49. The van der Waals surface area contributed by atoms with E-state index in [1.165, 1.54) is 32.3 Å². The number of hydrogen-bond acceptors (Lipinski definition) is 8. The summed E-state index contributed by atoms with van der Waals surface area (Å²) < 4.78 is 21.2. The maximum atomic E-state index is 13.2. The zero-order valence-corrected chi connectivity index (χ0v) is 18.5. The molecule has 0 radical (unpaired) electrons. The van der Waals surface area contributed by atoms with Gasteiger partial charge in [0.15, 0.2) is 17.3 Å². The number of aromatic nitrogens is 1. The normalized spacial score (nSPS) is 17.3. The first-order valence-electron chi connectivity index (χ1n) is 10.0. The molecule has 0 bridgehead atoms. The summed E-state index contributed by atoms with van der Waals surface area (Å²) in [6.07, 6.45) is 0. The number of benzene rings is 2. The SMILES string of the molecule is COc1ccc(/C(O)=C2\C(=O)C(=O)N(c3cc(C)on3)[C@@H]2c2ccccc2OC)cc1OC. The number of ether oxygens (including phenoxy) is 3. The van der Waals surface area contributed by atoms with Crippen molar-refractivity contribution in [3.63, 3.8) is 0 Å². The third kappa shape index (κ3) is 3.67. The lowest BCUT2D eigenvalue weighted by Gasteiger charge is -2.24. The molecule has 1 saturated heterocycles. The van der Waals surface area contributed by atoms with Gasteiger partial charge in [-0.1, -0.05) is 23.4 Å². The largest absolute Gasteiger partial charge is 0.507 e. The van der Waals surface area contributed by atoms with Gasteiger partial charge in [-0.25, -0.2) is 0 Å². The molecule has 33 heavy (non-hydrogen) atoms. The van der Waals surface area contributed by atoms with Gasteiger partial charge in [0.05, 0.1) is 26.9 Å². The second-order valence-electron chi connectivity index (χ2n) is 7.28. The number of aliphatic hydroxyl groups excluding tert-OH is 1. The number of aryl methyl sites for hydroxylation is 1. The monoisotopic (exact) mass is 450 g/mol. The van der Waals surface area contributed by atoms with Gasteiger partial charge in [-0.15, -0.1) is 0 Å². The van der Waals surface area contributed by atoms with Crippen molar-refractivity contribution in [3.05, 3.63) is 71.0 Å². The lowest BCUT2D eigenvalue weighted by Crippen LogP contribution is -2.29. The Labute approximate surface area is 189 Å². The van der Waals surface area contributed by atoms with Crippen LogP contribution in [0.2, 0.25) is 0 Å². The predicted octanol–water partition coefficient (Wildman–Crippen LogP) is 3.64. The van der Waals surface area contributed by atoms with E-state index in [0.29, 0.717) is 28.6 Å². The summed E-state index contributed by atoms with van der Waals surface area (Å²) in [5.74, 6) is -0.214. The summed E-state index contributed by atoms with van der Waals surface area (Å²) >= 11 is 0. The number of Topliss-reactive ketones (excluding diaryl/α,β-unsaturated/α-hetero) is 1. The quantitative estimate of drug-likeness (QED) is 0.344. The summed E-state index contributed by atoms with van der Waals surface area (Å²) in [7, 11) is 4.44. The van der Waals surface area contributed by atoms with E-state index in [9.17, 15) is 14.7 Å². The Balaban J connectivity index is 1.97. The average Bonchev–Trinajstić information content (AvgIpc) is 3.38. The molecule has 3 aromatic rings. The fraction of sp³-hybridized carbons (Fsp3) is 0.208. The number of carbonyl (C=O) groups is 2. The number of para-hydroxylation sites is 1. The van der Waals surface area contributed by atoms with Crippen LogP contribution in [0.4, 0.5) is 5.82 Å². The van der Waals surface area contributed by atoms with Crippen LogP contribution >= 0.6 is 0 Å². The van der Waals surface area contributed by atoms with Crippen LogP contribution in [0.1, 0.15) is 22.9 Å². The predicted molar refractivity (Wildman–Crippen MR) is 119 cm³/mol. The summed E-state index contributed by atoms with van der Waals surface area (Å²) in [6, 6.07) is 12.2. The maximum absolute atomic E-state index is 13.2. The topological polar surface area (TPSA) is 111 Å². The van der Waals surface area contributed by atoms with Crippen LogP contribution < -0.4 is 19.1 Å². The highest BCUT2D eigenvalue weighted by molar-refractivity contribution is 6.51. The van der Waals surface area contributed by atoms with Gasteiger partial charge in [0.2, 0.25) is 0 Å². The molecule has 1 N–H and O–H groups in total. The molecular formula is C24H22N2O7. The molecular weight excluding hydrogens is 428 g/mol. The molecule has 0 saturated carbocycles. The van der Waals surface area contributed by atoms with Crippen LogP contribution in [0.3, 0.4) is 0 Å². The molecule has 1 atom stereocenters. The van der Waals surface area contributed by atoms with Crippen molar-refractivity contribution in [2.45, 2.75) is 13.0 Å². The molecule has 9 heteroatoms. The van der Waals surface area contributed by atoms with E-state index in [0.717, 1.165) is 0 Å². The molecule has 2 aromatic carbocycles. The van der Waals surface area contributed by atoms with Gasteiger partial charge in [-0.2, -0.15) is 0 Å². The summed E-state index contributed by atoms with van der Waals surface area (Å²) in [6.45, 7) is 1.68. The van der Waals surface area contributed by atoms with Crippen LogP contribution in [0.5, 0.6) is 17.2 Å². The minimum absolute atomic E-state index is 0.114. The molecule has 1 aliphatic heterocycles. The minimum atomic E-state index is -1.00. The maximum Gasteiger partial charge on any atom is 0.301 e. The van der Waals surface area contributed by atoms with Crippen molar-refractivity contribution in [3.8, 4) is 17.2 Å². The zero-order chi connectivity index (χ0) is 23.7. The van der Waals surface area contributed by atoms with Crippen molar-refractivity contribution in [2.24, 2.45) is 0 Å². The average molecular weight is 450 g/mol. The Kier molecular flexibility index (Phi) is 5.78. The number of nitrogens with zero attached hydrogens (tertiary/aromatic N) is 2. The first kappa shape index (κ1) is 21.9. The smallest absolute Gasteiger partial charge is 0.301 e. The van der Waals surface area contributed by atoms with Crippen molar-refractivity contribution >= 4 is 23.3 Å². The number of ketones is 1. The molecule has 4 rings (SSSR count). The third-order valence-corrected chi connectivity index (χ3v) is 5.40. The molecule has 1 fully saturated rings. The van der Waals surface area contributed by atoms with Gasteiger partial charge in [0, 0.05) is 17.2 Å². The van der Waals surface area contributed by atoms with E-state index in [2.05, 4.69) is 5.16 Å². The van der Waals surface area contributed by atoms with Crippen LogP contribution in [-0.4, -0.2) is 43.3 Å². The number of amides is 1. The Morgan fingerprint density at radius 2 is 1.67 bits per heavy atom. The van der Waals surface area contributed by atoms with E-state index in [4.69, 9.17) is 18.7 Å². The Morgan fingerprint density at radius 3 is 2.30 bits per heavy atom. The van der Waals surface area contributed by atoms with Crippen molar-refractivity contribution in [2.75, 3.05) is 26.2 Å². The molecule has 1 aliphatic rings. The van der Waals surface area contributed by atoms with Gasteiger partial charge in [0.1, 0.15) is 23.3 Å². The Morgan fingerprint density at radius 1 is 0.970 bits per heavy atom. The first-order chi connectivity index (χ1) is 15.9. The molecule has 9 nitrogen and oxygen atoms in total. The van der Waals surface area contributed by atoms with Gasteiger partial charge in [-0.3, -0.25) is 14.5 Å². The van der Waals surface area contributed by atoms with E-state index in [-0.39, 0.29) is 22.7 Å². The lowest BCUT2D eigenvalue weighted by molar-refractivity contribution is -0.132. The number of hydrogen-bond donors (Lipinski definition) is 1. The van der Waals surface area contributed by atoms with Crippen molar-refractivity contribution in [1.82, 2.24) is 5.16 Å². The zero-order valence-electron chi connectivity index (χ0n) is 18.5. The number of rotatable bonds is 6. The summed E-state index contributed by atoms with van der Waals surface area (Å²) in [5.41, 5.74) is 0.668. The summed E-state index contributed by atoms with van der Waals surface area (Å²) in [5, 5.41) is 15.2. The molecule has 1 amide bonds. The van der Waals surface area contributed by atoms with Gasteiger partial charge in [-0.05, 0) is 31.2 Å². The number of carbonyl (C=O) groups excluding carboxylic acids is 2. The number of methoxy groups -OCH3 is 3. The fourth-order valence-electron chi connectivity index (χ4n) is 3.86. The van der Waals surface area contributed by atoms with Crippen molar-refractivity contribution in [1.29, 1.82) is 0 Å². The second kappa shape index (κ2) is 8.70. The van der Waals surface area contributed by atoms with Gasteiger partial charge in [0.25, 0.3) is 5.78 Å². The molecule has 0 spiro atoms. The van der Waals surface area contributed by atoms with E-state index < -0.39 is 17.7 Å². The van der Waals surface area contributed by atoms with Crippen LogP contribution in [0.15, 0.2) is 58.6 Å². The van der Waals surface area contributed by atoms with E-state index >= 15 is 0 Å². The molecule has 0 aliphatic carbocycles. The number of anilines is 1. The second-order valence-corrected chi connectivity index (χ2v) is 7.28. The van der Waals surface area contributed by atoms with Gasteiger partial charge < -0.3 is 23.8 Å². The van der Waals surface area contributed by atoms with Crippen LogP contribution in [0.25, 0.3) is 5.76 Å². The first-order valence-corrected chi connectivity index (χ1v) is 10.0. The van der Waals surface area contributed by atoms with Gasteiger partial charge >= 0.3 is 5.91 Å². The lowest BCUT2D eigenvalue weighted by atomic mass is 9.94. The molecule has 2 heterocycles. The highest BCUT2D eigenvalue weighted by atomic mass is 16.5. The van der Waals surface area contributed by atoms with E-state index in [1.807, 2.05) is 0 Å². The van der Waals surface area contributed by atoms with E-state index in [1.54, 1.807) is 49.4 Å². The molecule has 0 unspecified atom stereocenters. The Bertz CT molecular complexity index is 1260. The summed E-state index contributed by atoms with van der Waals surface area (Å²) in [4.78, 5) is 27.5. The standard InChI is InChI=1S/C24H22N2O7/c1-13-11-19(25-33-13)26-21(15-7-5-6-8-16(15)30-2)20(23(28)24(26)29)22(27)14-9-10-17(31-3)18(12-14)32-4/h5-12,21,27H,1-4H3/b22-20+/t21-/m1/s1. The molecule has 170 valence electrons. The Hall–Kier alpha value is -4.27. The van der Waals surface area contributed by atoms with Crippen LogP contribution in [-0.2, 0) is 9.59 Å².